The van der Waals surface area contributed by atoms with Gasteiger partial charge in [-0.15, -0.1) is 18.9 Å². The molecule has 2 aromatic carbocycles. The zero-order valence-corrected chi connectivity index (χ0v) is 17.9. The number of rotatable bonds is 6. The fourth-order valence-electron chi connectivity index (χ4n) is 2.32. The van der Waals surface area contributed by atoms with Gasteiger partial charge in [-0.05, 0) is 6.42 Å². The molecule has 0 aliphatic carbocycles. The molecule has 0 aliphatic heterocycles. The van der Waals surface area contributed by atoms with Crippen LogP contribution in [0.15, 0.2) is 46.2 Å². The molecule has 0 radical (unpaired) electrons. The Bertz CT molecular complexity index is 761. The third-order valence-corrected chi connectivity index (χ3v) is 6.65. The first-order valence-electron chi connectivity index (χ1n) is 8.92. The first-order chi connectivity index (χ1) is 12.8. The second-order valence-electron chi connectivity index (χ2n) is 6.38. The molecule has 150 valence electrons. The van der Waals surface area contributed by atoms with E-state index in [1.165, 1.54) is 6.42 Å². The molecule has 1 unspecified atom stereocenters. The Labute approximate surface area is 172 Å². The monoisotopic (exact) mass is 428 g/mol. The maximum absolute atomic E-state index is 9.89. The molecule has 0 aliphatic rings. The molecular formula is C22H28NNiO2S-. The molecule has 1 atom stereocenters. The summed E-state index contributed by atoms with van der Waals surface area (Å²) in [6.07, 6.45) is 8.52. The van der Waals surface area contributed by atoms with Crippen LogP contribution in [0.25, 0.3) is 5.73 Å². The molecule has 0 heterocycles. The van der Waals surface area contributed by atoms with Crippen molar-refractivity contribution in [3.63, 3.8) is 0 Å². The van der Waals surface area contributed by atoms with Crippen LogP contribution in [0.5, 0.6) is 11.5 Å². The Morgan fingerprint density at radius 1 is 1.07 bits per heavy atom. The van der Waals surface area contributed by atoms with Gasteiger partial charge in [0.15, 0.2) is 0 Å². The Kier molecular flexibility index (Phi) is 10.4. The molecule has 3 nitrogen and oxygen atoms in total. The van der Waals surface area contributed by atoms with Crippen molar-refractivity contribution in [2.45, 2.75) is 49.8 Å². The van der Waals surface area contributed by atoms with Crippen molar-refractivity contribution in [1.29, 1.82) is 0 Å². The van der Waals surface area contributed by atoms with Crippen LogP contribution < -0.4 is 0 Å². The third kappa shape index (κ3) is 7.50. The number of phenolic OH excluding ortho intramolecular Hbond substituents is 2. The van der Waals surface area contributed by atoms with E-state index in [-0.39, 0.29) is 17.4 Å². The molecular weight excluding hydrogens is 401 g/mol. The van der Waals surface area contributed by atoms with E-state index in [1.54, 1.807) is 12.1 Å². The van der Waals surface area contributed by atoms with Crippen LogP contribution in [0, 0.1) is 32.1 Å². The molecule has 27 heavy (non-hydrogen) atoms. The van der Waals surface area contributed by atoms with E-state index in [1.807, 2.05) is 38.1 Å². The van der Waals surface area contributed by atoms with Crippen LogP contribution in [-0.2, 0) is 13.9 Å². The molecule has 0 aromatic heterocycles. The van der Waals surface area contributed by atoms with Crippen LogP contribution >= 0.6 is 8.92 Å². The van der Waals surface area contributed by atoms with Gasteiger partial charge in [-0.2, -0.15) is 0 Å². The number of hydrogen-bond acceptors (Lipinski definition) is 2. The second kappa shape index (κ2) is 12.0. The predicted octanol–water partition coefficient (Wildman–Crippen LogP) is 6.34. The molecule has 0 spiro atoms. The molecule has 0 saturated heterocycles. The van der Waals surface area contributed by atoms with Crippen molar-refractivity contribution < 1.29 is 24.1 Å². The molecule has 0 saturated carbocycles. The van der Waals surface area contributed by atoms with Gasteiger partial charge in [0.05, 0.1) is 0 Å². The second-order valence-corrected chi connectivity index (χ2v) is 8.94. The topological polar surface area (TPSA) is 64.3 Å². The van der Waals surface area contributed by atoms with E-state index in [4.69, 9.17) is 26.0 Å². The van der Waals surface area contributed by atoms with E-state index >= 15 is 0 Å². The minimum atomic E-state index is -0.715. The molecule has 2 aromatic rings. The average molecular weight is 429 g/mol. The van der Waals surface area contributed by atoms with E-state index in [0.717, 1.165) is 24.0 Å². The summed E-state index contributed by atoms with van der Waals surface area (Å²) in [5.74, 6) is 3.18. The summed E-state index contributed by atoms with van der Waals surface area (Å²) < 4.78 is 0. The quantitative estimate of drug-likeness (QED) is 0.416. The Morgan fingerprint density at radius 2 is 1.56 bits per heavy atom. The summed E-state index contributed by atoms with van der Waals surface area (Å²) in [4.78, 5) is 1.41. The molecule has 0 bridgehead atoms. The van der Waals surface area contributed by atoms with Gasteiger partial charge in [0.25, 0.3) is 0 Å². The Balaban J connectivity index is 0.000000345. The number of benzene rings is 2. The van der Waals surface area contributed by atoms with Crippen LogP contribution in [0.1, 0.15) is 37.3 Å². The van der Waals surface area contributed by atoms with E-state index < -0.39 is 8.92 Å². The van der Waals surface area contributed by atoms with Crippen molar-refractivity contribution in [2.24, 2.45) is 5.92 Å². The summed E-state index contributed by atoms with van der Waals surface area (Å²) in [5.41, 5.74) is 9.09. The fraction of sp³-hybridized carbons (Fsp3) is 0.364. The van der Waals surface area contributed by atoms with Crippen LogP contribution in [-0.4, -0.2) is 16.8 Å². The van der Waals surface area contributed by atoms with Gasteiger partial charge in [0, 0.05) is 5.92 Å². The third-order valence-electron chi connectivity index (χ3n) is 3.98. The summed E-state index contributed by atoms with van der Waals surface area (Å²) in [6.45, 7) is 6.43. The van der Waals surface area contributed by atoms with Gasteiger partial charge in [-0.3, -0.25) is 0 Å². The van der Waals surface area contributed by atoms with Crippen molar-refractivity contribution in [2.75, 3.05) is 6.54 Å². The minimum absolute atomic E-state index is 0.191. The molecule has 5 heteroatoms. The van der Waals surface area contributed by atoms with E-state index in [2.05, 4.69) is 12.8 Å². The molecule has 2 rings (SSSR count). The summed E-state index contributed by atoms with van der Waals surface area (Å²) in [7, 11) is -0.715. The van der Waals surface area contributed by atoms with Gasteiger partial charge in [0.2, 0.25) is 0 Å². The average Bonchev–Trinajstić information content (AvgIpc) is 2.66. The van der Waals surface area contributed by atoms with Crippen molar-refractivity contribution in [3.05, 3.63) is 53.3 Å². The molecule has 3 N–H and O–H groups in total. The van der Waals surface area contributed by atoms with Crippen molar-refractivity contribution in [3.8, 4) is 23.8 Å². The van der Waals surface area contributed by atoms with Gasteiger partial charge in [-0.25, -0.2) is 0 Å². The zero-order valence-electron chi connectivity index (χ0n) is 16.1. The number of aryl methyl sites for hydroxylation is 2. The first-order valence-corrected chi connectivity index (χ1v) is 11.2. The van der Waals surface area contributed by atoms with Gasteiger partial charge in [0.1, 0.15) is 0 Å². The standard InChI is InChI=1S/C14H14O2S.C8H14N.Ni/c1-9-3-5-11(15)13(7-9)17-14-8-10(2)4-6-12(14)16;1-3-5-6-8(4-2)7-9;/h3-8,15-16H,1-2H3;2,8-9H,3,5-7H2,1H3;/q;-1;. The number of nitrogens with one attached hydrogen (secondary N) is 1. The number of terminal acetylenes is 1. The van der Waals surface area contributed by atoms with Gasteiger partial charge in [-0.1, -0.05) is 19.8 Å². The number of hydrogen-bond donors (Lipinski definition) is 2. The predicted molar refractivity (Wildman–Crippen MR) is 111 cm³/mol. The van der Waals surface area contributed by atoms with Crippen molar-refractivity contribution in [1.82, 2.24) is 0 Å². The Hall–Kier alpha value is -1.60. The maximum atomic E-state index is 9.89. The number of phenols is 2. The van der Waals surface area contributed by atoms with E-state index in [9.17, 15) is 10.2 Å². The first kappa shape index (κ1) is 23.4. The fourth-order valence-corrected chi connectivity index (χ4v) is 4.57. The molecule has 0 amide bonds. The van der Waals surface area contributed by atoms with Gasteiger partial charge >= 0.3 is 116 Å². The molecule has 0 fully saturated rings. The van der Waals surface area contributed by atoms with Crippen LogP contribution in [0.2, 0.25) is 0 Å². The SMILES string of the molecule is C#CC(C[NH-])CCCC.Cc1ccc(O)c([S](=[Ni])c2cc(C)ccc2O)c1. The van der Waals surface area contributed by atoms with Crippen LogP contribution in [0.3, 0.4) is 0 Å². The number of aromatic hydroxyl groups is 2. The van der Waals surface area contributed by atoms with Crippen LogP contribution in [0.4, 0.5) is 0 Å². The van der Waals surface area contributed by atoms with Crippen molar-refractivity contribution >= 4 is 8.92 Å². The normalized spacial score (nSPS) is 11.5. The summed E-state index contributed by atoms with van der Waals surface area (Å²) in [6, 6.07) is 10.7. The Morgan fingerprint density at radius 3 is 1.93 bits per heavy atom. The van der Waals surface area contributed by atoms with E-state index in [0.29, 0.717) is 16.3 Å². The van der Waals surface area contributed by atoms with Gasteiger partial charge < -0.3 is 5.73 Å². The zero-order chi connectivity index (χ0) is 20.4. The number of unbranched alkanes of at least 4 members (excludes halogenated alkanes) is 1. The summed E-state index contributed by atoms with van der Waals surface area (Å²) >= 11 is 5.13. The summed E-state index contributed by atoms with van der Waals surface area (Å²) in [5, 5.41) is 19.8.